The molecule has 4 heteroatoms. The van der Waals surface area contributed by atoms with E-state index in [1.165, 1.54) is 38.2 Å². The third-order valence-electron chi connectivity index (χ3n) is 3.61. The van der Waals surface area contributed by atoms with Crippen LogP contribution in [-0.2, 0) is 6.42 Å². The molecule has 0 radical (unpaired) electrons. The van der Waals surface area contributed by atoms with E-state index in [-0.39, 0.29) is 12.4 Å². The van der Waals surface area contributed by atoms with Crippen LogP contribution in [0.2, 0.25) is 0 Å². The number of likely N-dealkylation sites (tertiary alicyclic amines) is 1. The highest BCUT2D eigenvalue weighted by molar-refractivity contribution is 5.85. The Hall–Kier alpha value is -0.640. The minimum atomic E-state index is 0. The molecule has 2 heterocycles. The van der Waals surface area contributed by atoms with Gasteiger partial charge in [0.05, 0.1) is 0 Å². The number of nitrogens with two attached hydrogens (primary N) is 1. The molecule has 3 nitrogen and oxygen atoms in total. The van der Waals surface area contributed by atoms with Crippen molar-refractivity contribution in [3.05, 3.63) is 30.1 Å². The molecule has 0 aliphatic carbocycles. The number of piperidine rings is 1. The molecule has 0 spiro atoms. The van der Waals surface area contributed by atoms with E-state index in [2.05, 4.69) is 22.0 Å². The highest BCUT2D eigenvalue weighted by atomic mass is 35.5. The molecule has 0 saturated carbocycles. The average Bonchev–Trinajstić information content (AvgIpc) is 2.39. The fourth-order valence-electron chi connectivity index (χ4n) is 2.54. The maximum atomic E-state index is 5.54. The van der Waals surface area contributed by atoms with Crippen LogP contribution in [-0.4, -0.2) is 36.1 Å². The van der Waals surface area contributed by atoms with E-state index in [1.807, 2.05) is 12.3 Å². The highest BCUT2D eigenvalue weighted by Gasteiger charge is 2.19. The van der Waals surface area contributed by atoms with Crippen molar-refractivity contribution in [3.63, 3.8) is 0 Å². The zero-order valence-corrected chi connectivity index (χ0v) is 11.7. The van der Waals surface area contributed by atoms with Crippen LogP contribution >= 0.6 is 12.4 Å². The van der Waals surface area contributed by atoms with Gasteiger partial charge in [0, 0.05) is 11.9 Å². The monoisotopic (exact) mass is 269 g/mol. The Labute approximate surface area is 116 Å². The first-order chi connectivity index (χ1) is 8.38. The Bertz CT molecular complexity index is 310. The van der Waals surface area contributed by atoms with Crippen LogP contribution in [0.15, 0.2) is 24.4 Å². The molecule has 102 valence electrons. The molecule has 18 heavy (non-hydrogen) atoms. The number of hydrogen-bond donors (Lipinski definition) is 1. The third kappa shape index (κ3) is 4.92. The molecule has 0 aromatic carbocycles. The Balaban J connectivity index is 0.00000162. The predicted octanol–water partition coefficient (Wildman–Crippen LogP) is 2.11. The van der Waals surface area contributed by atoms with Gasteiger partial charge in [-0.2, -0.15) is 0 Å². The van der Waals surface area contributed by atoms with Crippen LogP contribution in [0, 0.1) is 5.92 Å². The lowest BCUT2D eigenvalue weighted by atomic mass is 9.92. The summed E-state index contributed by atoms with van der Waals surface area (Å²) in [5.74, 6) is 0.819. The summed E-state index contributed by atoms with van der Waals surface area (Å²) in [5, 5.41) is 0. The van der Waals surface area contributed by atoms with Crippen molar-refractivity contribution >= 4 is 12.4 Å². The van der Waals surface area contributed by atoms with Crippen LogP contribution < -0.4 is 5.73 Å². The van der Waals surface area contributed by atoms with Gasteiger partial charge in [-0.15, -0.1) is 12.4 Å². The maximum absolute atomic E-state index is 5.54. The van der Waals surface area contributed by atoms with Gasteiger partial charge < -0.3 is 10.6 Å². The lowest BCUT2D eigenvalue weighted by molar-refractivity contribution is 0.182. The van der Waals surface area contributed by atoms with Crippen molar-refractivity contribution in [2.75, 3.05) is 26.2 Å². The van der Waals surface area contributed by atoms with E-state index >= 15 is 0 Å². The van der Waals surface area contributed by atoms with Gasteiger partial charge in [-0.25, -0.2) is 0 Å². The summed E-state index contributed by atoms with van der Waals surface area (Å²) in [4.78, 5) is 6.95. The minimum absolute atomic E-state index is 0. The third-order valence-corrected chi connectivity index (χ3v) is 3.61. The number of halogens is 1. The Kier molecular flexibility index (Phi) is 7.25. The smallest absolute Gasteiger partial charge is 0.0406 e. The number of hydrogen-bond acceptors (Lipinski definition) is 3. The summed E-state index contributed by atoms with van der Waals surface area (Å²) in [6, 6.07) is 6.21. The van der Waals surface area contributed by atoms with Crippen molar-refractivity contribution in [2.45, 2.75) is 25.7 Å². The maximum Gasteiger partial charge on any atom is 0.0406 e. The summed E-state index contributed by atoms with van der Waals surface area (Å²) in [5.41, 5.74) is 6.78. The molecular formula is C14H24ClN3. The van der Waals surface area contributed by atoms with Gasteiger partial charge >= 0.3 is 0 Å². The molecule has 0 bridgehead atoms. The number of rotatable bonds is 5. The van der Waals surface area contributed by atoms with Crippen LogP contribution in [0.3, 0.4) is 0 Å². The fraction of sp³-hybridized carbons (Fsp3) is 0.643. The van der Waals surface area contributed by atoms with E-state index in [4.69, 9.17) is 5.73 Å². The topological polar surface area (TPSA) is 42.1 Å². The van der Waals surface area contributed by atoms with Gasteiger partial charge in [0.15, 0.2) is 0 Å². The van der Waals surface area contributed by atoms with E-state index in [0.717, 1.165) is 25.3 Å². The Morgan fingerprint density at radius 3 is 2.67 bits per heavy atom. The van der Waals surface area contributed by atoms with E-state index in [9.17, 15) is 0 Å². The molecule has 0 atom stereocenters. The summed E-state index contributed by atoms with van der Waals surface area (Å²) in [6.45, 7) is 4.45. The summed E-state index contributed by atoms with van der Waals surface area (Å²) in [6.07, 6.45) is 6.78. The second-order valence-electron chi connectivity index (χ2n) is 4.95. The molecule has 2 N–H and O–H groups in total. The van der Waals surface area contributed by atoms with E-state index < -0.39 is 0 Å². The van der Waals surface area contributed by atoms with Gasteiger partial charge in [0.2, 0.25) is 0 Å². The zero-order valence-electron chi connectivity index (χ0n) is 10.9. The van der Waals surface area contributed by atoms with Crippen molar-refractivity contribution < 1.29 is 0 Å². The molecule has 1 saturated heterocycles. The van der Waals surface area contributed by atoms with Crippen LogP contribution in [0.4, 0.5) is 0 Å². The molecule has 0 amide bonds. The van der Waals surface area contributed by atoms with Gasteiger partial charge in [0.1, 0.15) is 0 Å². The Morgan fingerprint density at radius 1 is 1.28 bits per heavy atom. The summed E-state index contributed by atoms with van der Waals surface area (Å²) < 4.78 is 0. The predicted molar refractivity (Wildman–Crippen MR) is 78.0 cm³/mol. The molecular weight excluding hydrogens is 246 g/mol. The van der Waals surface area contributed by atoms with Gasteiger partial charge in [-0.1, -0.05) is 6.07 Å². The van der Waals surface area contributed by atoms with Gasteiger partial charge in [-0.05, 0) is 69.9 Å². The average molecular weight is 270 g/mol. The van der Waals surface area contributed by atoms with E-state index in [1.54, 1.807) is 0 Å². The lowest BCUT2D eigenvalue weighted by Gasteiger charge is -2.31. The zero-order chi connectivity index (χ0) is 11.9. The van der Waals surface area contributed by atoms with Crippen LogP contribution in [0.5, 0.6) is 0 Å². The number of aromatic nitrogens is 1. The van der Waals surface area contributed by atoms with Crippen molar-refractivity contribution in [1.82, 2.24) is 9.88 Å². The van der Waals surface area contributed by atoms with Crippen LogP contribution in [0.25, 0.3) is 0 Å². The first-order valence-corrected chi connectivity index (χ1v) is 6.71. The number of nitrogens with zero attached hydrogens (tertiary/aromatic N) is 2. The molecule has 2 rings (SSSR count). The molecule has 1 aromatic rings. The van der Waals surface area contributed by atoms with Crippen molar-refractivity contribution in [1.29, 1.82) is 0 Å². The van der Waals surface area contributed by atoms with Crippen molar-refractivity contribution in [2.24, 2.45) is 11.7 Å². The quantitative estimate of drug-likeness (QED) is 0.890. The van der Waals surface area contributed by atoms with E-state index in [0.29, 0.717) is 0 Å². The molecule has 0 unspecified atom stereocenters. The largest absolute Gasteiger partial charge is 0.330 e. The van der Waals surface area contributed by atoms with Gasteiger partial charge in [-0.3, -0.25) is 4.98 Å². The Morgan fingerprint density at radius 2 is 2.06 bits per heavy atom. The lowest BCUT2D eigenvalue weighted by Crippen LogP contribution is -2.35. The second kappa shape index (κ2) is 8.46. The molecule has 1 aromatic heterocycles. The van der Waals surface area contributed by atoms with Crippen LogP contribution in [0.1, 0.15) is 25.0 Å². The summed E-state index contributed by atoms with van der Waals surface area (Å²) >= 11 is 0. The molecule has 1 aliphatic rings. The SMILES string of the molecule is Cl.NCCCN1CCC(Cc2ccccn2)CC1. The highest BCUT2D eigenvalue weighted by Crippen LogP contribution is 2.20. The van der Waals surface area contributed by atoms with Crippen molar-refractivity contribution in [3.8, 4) is 0 Å². The first-order valence-electron chi connectivity index (χ1n) is 6.71. The first kappa shape index (κ1) is 15.4. The second-order valence-corrected chi connectivity index (χ2v) is 4.95. The summed E-state index contributed by atoms with van der Waals surface area (Å²) in [7, 11) is 0. The fourth-order valence-corrected chi connectivity index (χ4v) is 2.54. The minimum Gasteiger partial charge on any atom is -0.330 e. The number of pyridine rings is 1. The molecule has 1 aliphatic heterocycles. The normalized spacial score (nSPS) is 17.4. The van der Waals surface area contributed by atoms with Gasteiger partial charge in [0.25, 0.3) is 0 Å². The molecule has 1 fully saturated rings. The standard InChI is InChI=1S/C14H23N3.ClH/c15-7-3-9-17-10-5-13(6-11-17)12-14-4-1-2-8-16-14;/h1-2,4,8,13H,3,5-7,9-12,15H2;1H.